The first-order chi connectivity index (χ1) is 10.2. The molecule has 2 amide bonds. The van der Waals surface area contributed by atoms with Crippen molar-refractivity contribution in [1.29, 1.82) is 0 Å². The molecule has 1 aromatic rings. The summed E-state index contributed by atoms with van der Waals surface area (Å²) in [7, 11) is 0. The number of benzene rings is 1. The molecule has 0 aromatic heterocycles. The summed E-state index contributed by atoms with van der Waals surface area (Å²) >= 11 is 0. The van der Waals surface area contributed by atoms with E-state index in [0.717, 1.165) is 18.5 Å². The van der Waals surface area contributed by atoms with Crippen molar-refractivity contribution in [3.05, 3.63) is 30.3 Å². The van der Waals surface area contributed by atoms with Crippen LogP contribution in [0.1, 0.15) is 32.1 Å². The summed E-state index contributed by atoms with van der Waals surface area (Å²) in [5.74, 6) is -0.103. The molecule has 2 fully saturated rings. The highest BCUT2D eigenvalue weighted by Crippen LogP contribution is 2.18. The highest BCUT2D eigenvalue weighted by atomic mass is 16.2. The Hall–Kier alpha value is -1.88. The molecule has 2 aliphatic rings. The fraction of sp³-hybridized carbons (Fsp3) is 0.500. The number of hydrogen-bond donors (Lipinski definition) is 3. The van der Waals surface area contributed by atoms with Crippen LogP contribution in [0.3, 0.4) is 0 Å². The summed E-state index contributed by atoms with van der Waals surface area (Å²) in [6, 6.07) is 9.78. The number of nitrogens with two attached hydrogens (primary N) is 1. The number of piperazine rings is 1. The third kappa shape index (κ3) is 3.42. The monoisotopic (exact) mass is 288 g/mol. The van der Waals surface area contributed by atoms with Gasteiger partial charge in [0.25, 0.3) is 5.91 Å². The minimum absolute atomic E-state index is 0.00126. The van der Waals surface area contributed by atoms with Crippen LogP contribution < -0.4 is 16.0 Å². The highest BCUT2D eigenvalue weighted by Gasteiger charge is 2.40. The number of nitrogens with one attached hydrogen (secondary N) is 2. The van der Waals surface area contributed by atoms with Gasteiger partial charge in [-0.2, -0.15) is 0 Å². The van der Waals surface area contributed by atoms with Crippen molar-refractivity contribution in [3.8, 4) is 0 Å². The third-order valence-corrected chi connectivity index (χ3v) is 4.43. The van der Waals surface area contributed by atoms with Gasteiger partial charge in [-0.25, -0.2) is 0 Å². The number of amides is 2. The summed E-state index contributed by atoms with van der Waals surface area (Å²) in [6.07, 6.45) is 4.83. The van der Waals surface area contributed by atoms with E-state index in [1.165, 1.54) is 12.8 Å². The van der Waals surface area contributed by atoms with Crippen molar-refractivity contribution in [2.24, 2.45) is 0 Å². The molecule has 21 heavy (non-hydrogen) atoms. The number of rotatable bonds is 3. The first-order valence-corrected chi connectivity index (χ1v) is 7.72. The van der Waals surface area contributed by atoms with Gasteiger partial charge in [-0.3, -0.25) is 9.59 Å². The number of fused-ring (bicyclic) bond motifs is 1. The first kappa shape index (κ1) is 14.1. The van der Waals surface area contributed by atoms with Gasteiger partial charge in [0.05, 0.1) is 12.5 Å². The van der Waals surface area contributed by atoms with Gasteiger partial charge in [-0.1, -0.05) is 24.6 Å². The second kappa shape index (κ2) is 6.26. The van der Waals surface area contributed by atoms with E-state index < -0.39 is 0 Å². The maximum absolute atomic E-state index is 12.1. The Morgan fingerprint density at radius 2 is 2.00 bits per heavy atom. The van der Waals surface area contributed by atoms with Gasteiger partial charge in [0.1, 0.15) is 6.04 Å². The van der Waals surface area contributed by atoms with Crippen LogP contribution in [0.4, 0.5) is 5.69 Å². The lowest BCUT2D eigenvalue weighted by Gasteiger charge is -2.37. The Bertz CT molecular complexity index is 518. The van der Waals surface area contributed by atoms with Crippen molar-refractivity contribution < 1.29 is 14.9 Å². The maximum atomic E-state index is 12.1. The zero-order valence-corrected chi connectivity index (χ0v) is 12.0. The van der Waals surface area contributed by atoms with Crippen molar-refractivity contribution in [2.45, 2.75) is 50.2 Å². The number of quaternary nitrogens is 1. The molecule has 1 saturated carbocycles. The number of hydrogen-bond acceptors (Lipinski definition) is 2. The van der Waals surface area contributed by atoms with E-state index in [0.29, 0.717) is 12.1 Å². The SMILES string of the molecule is O=C(C[C@@H]1[NH2+][C@H]2CCCC[C@@H]2NC1=O)Nc1ccccc1. The summed E-state index contributed by atoms with van der Waals surface area (Å²) in [6.45, 7) is 0. The van der Waals surface area contributed by atoms with E-state index in [4.69, 9.17) is 0 Å². The summed E-state index contributed by atoms with van der Waals surface area (Å²) < 4.78 is 0. The topological polar surface area (TPSA) is 74.8 Å². The lowest BCUT2D eigenvalue weighted by molar-refractivity contribution is -0.718. The minimum atomic E-state index is -0.298. The highest BCUT2D eigenvalue weighted by molar-refractivity contribution is 5.95. The summed E-state index contributed by atoms with van der Waals surface area (Å²) in [5.41, 5.74) is 0.772. The van der Waals surface area contributed by atoms with Crippen molar-refractivity contribution in [3.63, 3.8) is 0 Å². The molecule has 4 N–H and O–H groups in total. The van der Waals surface area contributed by atoms with Gasteiger partial charge < -0.3 is 16.0 Å². The van der Waals surface area contributed by atoms with Crippen LogP contribution in [-0.2, 0) is 9.59 Å². The van der Waals surface area contributed by atoms with Crippen LogP contribution in [0.2, 0.25) is 0 Å². The average molecular weight is 288 g/mol. The molecule has 0 unspecified atom stereocenters. The molecule has 0 bridgehead atoms. The molecule has 3 atom stereocenters. The van der Waals surface area contributed by atoms with E-state index in [2.05, 4.69) is 16.0 Å². The van der Waals surface area contributed by atoms with Gasteiger partial charge in [0.15, 0.2) is 6.04 Å². The molecule has 0 radical (unpaired) electrons. The molecule has 1 aromatic carbocycles. The fourth-order valence-corrected chi connectivity index (χ4v) is 3.34. The lowest BCUT2D eigenvalue weighted by atomic mass is 9.87. The third-order valence-electron chi connectivity index (χ3n) is 4.43. The van der Waals surface area contributed by atoms with Crippen LogP contribution in [0.15, 0.2) is 30.3 Å². The molecule has 1 saturated heterocycles. The van der Waals surface area contributed by atoms with Gasteiger partial charge in [-0.05, 0) is 25.0 Å². The normalized spacial score (nSPS) is 28.4. The van der Waals surface area contributed by atoms with Crippen LogP contribution >= 0.6 is 0 Å². The molecule has 1 aliphatic carbocycles. The Labute approximate surface area is 124 Å². The van der Waals surface area contributed by atoms with Crippen LogP contribution in [0.5, 0.6) is 0 Å². The van der Waals surface area contributed by atoms with Crippen LogP contribution in [0, 0.1) is 0 Å². The second-order valence-electron chi connectivity index (χ2n) is 5.98. The van der Waals surface area contributed by atoms with Gasteiger partial charge in [-0.15, -0.1) is 0 Å². The first-order valence-electron chi connectivity index (χ1n) is 7.72. The quantitative estimate of drug-likeness (QED) is 0.752. The molecule has 5 heteroatoms. The van der Waals surface area contributed by atoms with Gasteiger partial charge >= 0.3 is 0 Å². The zero-order chi connectivity index (χ0) is 14.7. The smallest absolute Gasteiger partial charge is 0.279 e. The summed E-state index contributed by atoms with van der Waals surface area (Å²) in [4.78, 5) is 24.2. The van der Waals surface area contributed by atoms with Crippen LogP contribution in [0.25, 0.3) is 0 Å². The van der Waals surface area contributed by atoms with E-state index in [1.807, 2.05) is 30.3 Å². The molecule has 1 aliphatic heterocycles. The van der Waals surface area contributed by atoms with Crippen molar-refractivity contribution in [2.75, 3.05) is 5.32 Å². The number of anilines is 1. The Kier molecular flexibility index (Phi) is 4.20. The van der Waals surface area contributed by atoms with Gasteiger partial charge in [0.2, 0.25) is 5.91 Å². The molecule has 112 valence electrons. The zero-order valence-electron chi connectivity index (χ0n) is 12.0. The Morgan fingerprint density at radius 1 is 1.24 bits per heavy atom. The summed E-state index contributed by atoms with van der Waals surface area (Å²) in [5, 5.41) is 8.03. The van der Waals surface area contributed by atoms with Crippen LogP contribution in [-0.4, -0.2) is 29.9 Å². The van der Waals surface area contributed by atoms with Crippen molar-refractivity contribution in [1.82, 2.24) is 5.32 Å². The standard InChI is InChI=1S/C16H21N3O2/c20-15(17-11-6-2-1-3-7-11)10-14-16(21)19-13-9-5-4-8-12(13)18-14/h1-3,6-7,12-14,18H,4-5,8-10H2,(H,17,20)(H,19,21)/p+1/t12-,13-,14-/m0/s1. The number of para-hydroxylation sites is 1. The maximum Gasteiger partial charge on any atom is 0.279 e. The fourth-order valence-electron chi connectivity index (χ4n) is 3.34. The molecule has 5 nitrogen and oxygen atoms in total. The largest absolute Gasteiger partial charge is 0.342 e. The molecule has 1 heterocycles. The van der Waals surface area contributed by atoms with E-state index >= 15 is 0 Å². The molecular weight excluding hydrogens is 266 g/mol. The molecule has 0 spiro atoms. The van der Waals surface area contributed by atoms with E-state index in [9.17, 15) is 9.59 Å². The number of carbonyl (C=O) groups is 2. The van der Waals surface area contributed by atoms with Crippen molar-refractivity contribution >= 4 is 17.5 Å². The molecular formula is C16H22N3O2+. The lowest BCUT2D eigenvalue weighted by Crippen LogP contribution is -3.03. The predicted octanol–water partition coefficient (Wildman–Crippen LogP) is 0.388. The second-order valence-corrected chi connectivity index (χ2v) is 5.98. The van der Waals surface area contributed by atoms with E-state index in [1.54, 1.807) is 0 Å². The Balaban J connectivity index is 1.56. The number of carbonyl (C=O) groups excluding carboxylic acids is 2. The predicted molar refractivity (Wildman–Crippen MR) is 79.6 cm³/mol. The van der Waals surface area contributed by atoms with E-state index in [-0.39, 0.29) is 24.3 Å². The minimum Gasteiger partial charge on any atom is -0.342 e. The molecule has 3 rings (SSSR count). The Morgan fingerprint density at radius 3 is 2.81 bits per heavy atom. The average Bonchev–Trinajstić information content (AvgIpc) is 2.49. The van der Waals surface area contributed by atoms with Gasteiger partial charge in [0, 0.05) is 12.1 Å².